The molecule has 0 aliphatic heterocycles. The summed E-state index contributed by atoms with van der Waals surface area (Å²) in [6.07, 6.45) is 0. The molecule has 0 saturated heterocycles. The Kier molecular flexibility index (Phi) is 4.94. The molecule has 0 aliphatic carbocycles. The van der Waals surface area contributed by atoms with Crippen LogP contribution in [0.25, 0.3) is 0 Å². The van der Waals surface area contributed by atoms with Gasteiger partial charge < -0.3 is 14.4 Å². The monoisotopic (exact) mass is 333 g/mol. The molecule has 0 aliphatic rings. The van der Waals surface area contributed by atoms with E-state index in [-0.39, 0.29) is 0 Å². The van der Waals surface area contributed by atoms with Crippen LogP contribution in [0.1, 0.15) is 11.1 Å². The van der Waals surface area contributed by atoms with E-state index >= 15 is 0 Å². The van der Waals surface area contributed by atoms with Crippen molar-refractivity contribution in [2.45, 2.75) is 13.8 Å². The Balaban J connectivity index is 2.18. The Hall–Kier alpha value is -2.94. The van der Waals surface area contributed by atoms with Crippen molar-refractivity contribution in [2.24, 2.45) is 0 Å². The molecule has 0 amide bonds. The van der Waals surface area contributed by atoms with Crippen molar-refractivity contribution in [3.05, 3.63) is 77.9 Å². The average molecular weight is 333 g/mol. The van der Waals surface area contributed by atoms with Gasteiger partial charge in [0, 0.05) is 17.1 Å². The van der Waals surface area contributed by atoms with Crippen molar-refractivity contribution in [3.63, 3.8) is 0 Å². The molecule has 0 N–H and O–H groups in total. The van der Waals surface area contributed by atoms with Crippen LogP contribution in [0.15, 0.2) is 66.7 Å². The highest BCUT2D eigenvalue weighted by molar-refractivity contribution is 5.80. The molecule has 0 heterocycles. The van der Waals surface area contributed by atoms with Crippen LogP contribution in [0.5, 0.6) is 11.5 Å². The number of methoxy groups -OCH3 is 2. The van der Waals surface area contributed by atoms with Crippen molar-refractivity contribution < 1.29 is 9.47 Å². The van der Waals surface area contributed by atoms with Gasteiger partial charge in [0.2, 0.25) is 0 Å². The van der Waals surface area contributed by atoms with Gasteiger partial charge in [0.15, 0.2) is 0 Å². The zero-order valence-corrected chi connectivity index (χ0v) is 15.1. The predicted octanol–water partition coefficient (Wildman–Crippen LogP) is 5.79. The maximum absolute atomic E-state index is 5.36. The largest absolute Gasteiger partial charge is 0.497 e. The zero-order chi connectivity index (χ0) is 17.8. The standard InChI is InChI=1S/C22H23NO2/c1-16-14-19(24-3)10-12-21(16)23(18-8-6-5-7-9-18)22-13-11-20(25-4)15-17(22)2/h5-15H,1-4H3. The number of aryl methyl sites for hydroxylation is 2. The molecule has 3 aromatic carbocycles. The van der Waals surface area contributed by atoms with Crippen molar-refractivity contribution >= 4 is 17.1 Å². The molecule has 3 aromatic rings. The first-order chi connectivity index (χ1) is 12.1. The molecule has 3 rings (SSSR count). The zero-order valence-electron chi connectivity index (χ0n) is 15.1. The topological polar surface area (TPSA) is 21.7 Å². The summed E-state index contributed by atoms with van der Waals surface area (Å²) in [6, 6.07) is 22.7. The van der Waals surface area contributed by atoms with Gasteiger partial charge >= 0.3 is 0 Å². The van der Waals surface area contributed by atoms with Gasteiger partial charge in [-0.1, -0.05) is 18.2 Å². The van der Waals surface area contributed by atoms with Crippen molar-refractivity contribution in [2.75, 3.05) is 19.1 Å². The number of ether oxygens (including phenoxy) is 2. The minimum atomic E-state index is 0.862. The lowest BCUT2D eigenvalue weighted by Crippen LogP contribution is -2.12. The summed E-state index contributed by atoms with van der Waals surface area (Å²) < 4.78 is 10.7. The van der Waals surface area contributed by atoms with E-state index in [9.17, 15) is 0 Å². The van der Waals surface area contributed by atoms with Crippen LogP contribution in [-0.4, -0.2) is 14.2 Å². The average Bonchev–Trinajstić information content (AvgIpc) is 2.65. The minimum absolute atomic E-state index is 0.862. The lowest BCUT2D eigenvalue weighted by molar-refractivity contribution is 0.414. The van der Waals surface area contributed by atoms with E-state index < -0.39 is 0 Å². The smallest absolute Gasteiger partial charge is 0.119 e. The van der Waals surface area contributed by atoms with E-state index in [0.717, 1.165) is 39.7 Å². The first-order valence-electron chi connectivity index (χ1n) is 8.28. The lowest BCUT2D eigenvalue weighted by Gasteiger charge is -2.28. The molecule has 0 atom stereocenters. The molecule has 0 aromatic heterocycles. The van der Waals surface area contributed by atoms with Crippen LogP contribution in [0.2, 0.25) is 0 Å². The second kappa shape index (κ2) is 7.31. The summed E-state index contributed by atoms with van der Waals surface area (Å²) in [4.78, 5) is 2.27. The molecular weight excluding hydrogens is 310 g/mol. The van der Waals surface area contributed by atoms with E-state index in [4.69, 9.17) is 9.47 Å². The predicted molar refractivity (Wildman–Crippen MR) is 104 cm³/mol. The summed E-state index contributed by atoms with van der Waals surface area (Å²) >= 11 is 0. The Bertz CT molecular complexity index is 806. The number of rotatable bonds is 5. The van der Waals surface area contributed by atoms with Gasteiger partial charge in [-0.2, -0.15) is 0 Å². The Morgan fingerprint density at radius 3 is 1.52 bits per heavy atom. The van der Waals surface area contributed by atoms with Gasteiger partial charge in [0.1, 0.15) is 11.5 Å². The minimum Gasteiger partial charge on any atom is -0.497 e. The van der Waals surface area contributed by atoms with E-state index in [1.807, 2.05) is 18.2 Å². The molecule has 128 valence electrons. The second-order valence-corrected chi connectivity index (χ2v) is 5.98. The molecular formula is C22H23NO2. The highest BCUT2D eigenvalue weighted by Gasteiger charge is 2.17. The molecule has 25 heavy (non-hydrogen) atoms. The highest BCUT2D eigenvalue weighted by atomic mass is 16.5. The second-order valence-electron chi connectivity index (χ2n) is 5.98. The third-order valence-corrected chi connectivity index (χ3v) is 4.30. The Morgan fingerprint density at radius 2 is 1.12 bits per heavy atom. The van der Waals surface area contributed by atoms with Gasteiger partial charge in [-0.25, -0.2) is 0 Å². The highest BCUT2D eigenvalue weighted by Crippen LogP contribution is 2.39. The number of nitrogens with zero attached hydrogens (tertiary/aromatic N) is 1. The fraction of sp³-hybridized carbons (Fsp3) is 0.182. The Morgan fingerprint density at radius 1 is 0.640 bits per heavy atom. The maximum atomic E-state index is 5.36. The summed E-state index contributed by atoms with van der Waals surface area (Å²) in [7, 11) is 3.38. The molecule has 0 radical (unpaired) electrons. The van der Waals surface area contributed by atoms with Crippen molar-refractivity contribution in [3.8, 4) is 11.5 Å². The molecule has 3 nitrogen and oxygen atoms in total. The van der Waals surface area contributed by atoms with E-state index in [2.05, 4.69) is 67.3 Å². The van der Waals surface area contributed by atoms with Crippen LogP contribution in [0.4, 0.5) is 17.1 Å². The van der Waals surface area contributed by atoms with Crippen LogP contribution in [-0.2, 0) is 0 Å². The quantitative estimate of drug-likeness (QED) is 0.590. The number of para-hydroxylation sites is 1. The molecule has 0 spiro atoms. The summed E-state index contributed by atoms with van der Waals surface area (Å²) in [5.74, 6) is 1.72. The van der Waals surface area contributed by atoms with Gasteiger partial charge in [-0.3, -0.25) is 0 Å². The number of hydrogen-bond donors (Lipinski definition) is 0. The first-order valence-corrected chi connectivity index (χ1v) is 8.28. The molecule has 0 unspecified atom stereocenters. The summed E-state index contributed by atoms with van der Waals surface area (Å²) in [6.45, 7) is 4.21. The normalized spacial score (nSPS) is 10.4. The third kappa shape index (κ3) is 3.45. The van der Waals surface area contributed by atoms with E-state index in [1.54, 1.807) is 14.2 Å². The van der Waals surface area contributed by atoms with Crippen LogP contribution in [0.3, 0.4) is 0 Å². The molecule has 0 saturated carbocycles. The number of hydrogen-bond acceptors (Lipinski definition) is 3. The van der Waals surface area contributed by atoms with E-state index in [0.29, 0.717) is 0 Å². The Labute approximate surface area is 149 Å². The number of anilines is 3. The van der Waals surface area contributed by atoms with Crippen LogP contribution < -0.4 is 14.4 Å². The summed E-state index contributed by atoms with van der Waals surface area (Å²) in [5, 5.41) is 0. The van der Waals surface area contributed by atoms with Gasteiger partial charge in [0.05, 0.1) is 14.2 Å². The summed E-state index contributed by atoms with van der Waals surface area (Å²) in [5.41, 5.74) is 5.67. The van der Waals surface area contributed by atoms with Gasteiger partial charge in [0.25, 0.3) is 0 Å². The third-order valence-electron chi connectivity index (χ3n) is 4.30. The first kappa shape index (κ1) is 16.9. The molecule has 0 fully saturated rings. The van der Waals surface area contributed by atoms with Gasteiger partial charge in [-0.15, -0.1) is 0 Å². The van der Waals surface area contributed by atoms with Crippen molar-refractivity contribution in [1.82, 2.24) is 0 Å². The fourth-order valence-corrected chi connectivity index (χ4v) is 3.00. The lowest BCUT2D eigenvalue weighted by atomic mass is 10.1. The number of benzene rings is 3. The fourth-order valence-electron chi connectivity index (χ4n) is 3.00. The van der Waals surface area contributed by atoms with Gasteiger partial charge in [-0.05, 0) is 73.5 Å². The van der Waals surface area contributed by atoms with Crippen LogP contribution >= 0.6 is 0 Å². The van der Waals surface area contributed by atoms with Crippen LogP contribution in [0, 0.1) is 13.8 Å². The van der Waals surface area contributed by atoms with Crippen molar-refractivity contribution in [1.29, 1.82) is 0 Å². The molecule has 3 heteroatoms. The maximum Gasteiger partial charge on any atom is 0.119 e. The van der Waals surface area contributed by atoms with E-state index in [1.165, 1.54) is 0 Å². The molecule has 0 bridgehead atoms. The SMILES string of the molecule is COc1ccc(N(c2ccccc2)c2ccc(OC)cc2C)c(C)c1.